The molecule has 0 spiro atoms. The van der Waals surface area contributed by atoms with Crippen LogP contribution < -0.4 is 9.93 Å². The van der Waals surface area contributed by atoms with Gasteiger partial charge in [0.05, 0.1) is 11.5 Å². The van der Waals surface area contributed by atoms with Crippen LogP contribution >= 0.6 is 11.6 Å². The van der Waals surface area contributed by atoms with Crippen molar-refractivity contribution in [1.29, 1.82) is 0 Å². The Morgan fingerprint density at radius 2 is 1.75 bits per heavy atom. The van der Waals surface area contributed by atoms with Gasteiger partial charge in [-0.3, -0.25) is 0 Å². The van der Waals surface area contributed by atoms with Crippen molar-refractivity contribution in [2.24, 2.45) is 10.8 Å². The first kappa shape index (κ1) is 18.0. The molecule has 2 aliphatic rings. The van der Waals surface area contributed by atoms with E-state index in [0.717, 1.165) is 28.5 Å². The smallest absolute Gasteiger partial charge is 0.215 e. The lowest BCUT2D eigenvalue weighted by atomic mass is 9.65. The minimum absolute atomic E-state index is 0.390. The summed E-state index contributed by atoms with van der Waals surface area (Å²) in [6.07, 6.45) is 3.83. The molecular weight excluding hydrogens is 366 g/mol. The van der Waals surface area contributed by atoms with Crippen LogP contribution in [-0.2, 0) is 0 Å². The number of hydrogen-bond acceptors (Lipinski definition) is 1. The van der Waals surface area contributed by atoms with Gasteiger partial charge in [-0.1, -0.05) is 44.5 Å². The number of nitrogens with zero attached hydrogens (tertiary/aromatic N) is 1. The van der Waals surface area contributed by atoms with Gasteiger partial charge >= 0.3 is 0 Å². The minimum atomic E-state index is 0.390. The van der Waals surface area contributed by atoms with Crippen molar-refractivity contribution in [3.8, 4) is 11.3 Å². The fourth-order valence-electron chi connectivity index (χ4n) is 5.85. The number of hydrogen-bond donors (Lipinski definition) is 0. The van der Waals surface area contributed by atoms with Crippen molar-refractivity contribution >= 4 is 22.6 Å². The molecule has 144 valence electrons. The lowest BCUT2D eigenvalue weighted by Gasteiger charge is -2.36. The zero-order valence-electron chi connectivity index (χ0n) is 16.8. The van der Waals surface area contributed by atoms with E-state index in [-0.39, 0.29) is 0 Å². The maximum Gasteiger partial charge on any atom is 0.215 e. The highest BCUT2D eigenvalue weighted by atomic mass is 35.5. The summed E-state index contributed by atoms with van der Waals surface area (Å²) >= 11 is 6.09. The molecule has 1 aliphatic carbocycles. The van der Waals surface area contributed by atoms with Gasteiger partial charge in [0.15, 0.2) is 6.04 Å². The maximum absolute atomic E-state index is 6.30. The van der Waals surface area contributed by atoms with Gasteiger partial charge in [0.2, 0.25) is 5.36 Å². The number of halogens is 1. The van der Waals surface area contributed by atoms with E-state index >= 15 is 0 Å². The number of rotatable bonds is 1. The van der Waals surface area contributed by atoms with Crippen LogP contribution in [0.2, 0.25) is 5.02 Å². The standard InChI is InChI=1S/C25H27ClNO/c1-24(2)13-19-14-25(3,15-24)16-27(19)21-12-23(17-8-10-18(26)11-9-17)28-22-7-5-4-6-20(21)22/h4-12,19H,13-16H2,1-3H3/q+1/t19-,25-/m0/s1. The Morgan fingerprint density at radius 1 is 1.00 bits per heavy atom. The van der Waals surface area contributed by atoms with Crippen LogP contribution in [0.25, 0.3) is 22.3 Å². The Bertz CT molecular complexity index is 1130. The molecule has 1 aromatic heterocycles. The third-order valence-electron chi connectivity index (χ3n) is 6.50. The van der Waals surface area contributed by atoms with Crippen molar-refractivity contribution in [3.63, 3.8) is 0 Å². The van der Waals surface area contributed by atoms with Gasteiger partial charge in [-0.25, -0.2) is 4.58 Å². The Morgan fingerprint density at radius 3 is 2.54 bits per heavy atom. The third kappa shape index (κ3) is 3.08. The van der Waals surface area contributed by atoms with Crippen LogP contribution in [0, 0.1) is 10.8 Å². The number of benzene rings is 2. The predicted molar refractivity (Wildman–Crippen MR) is 116 cm³/mol. The van der Waals surface area contributed by atoms with Gasteiger partial charge in [-0.15, -0.1) is 0 Å². The molecule has 2 fully saturated rings. The van der Waals surface area contributed by atoms with Gasteiger partial charge in [-0.05, 0) is 48.2 Å². The molecule has 2 atom stereocenters. The summed E-state index contributed by atoms with van der Waals surface area (Å²) < 4.78 is 8.95. The highest BCUT2D eigenvalue weighted by Gasteiger charge is 2.53. The molecule has 3 aromatic rings. The molecule has 0 unspecified atom stereocenters. The third-order valence-corrected chi connectivity index (χ3v) is 6.76. The van der Waals surface area contributed by atoms with Crippen LogP contribution in [0.4, 0.5) is 0 Å². The summed E-state index contributed by atoms with van der Waals surface area (Å²) in [5.74, 6) is 0.899. The molecular formula is C25H27ClNO+. The average Bonchev–Trinajstić information content (AvgIpc) is 2.90. The summed E-state index contributed by atoms with van der Waals surface area (Å²) in [7, 11) is 0. The molecule has 0 amide bonds. The predicted octanol–water partition coefficient (Wildman–Crippen LogP) is 6.12. The van der Waals surface area contributed by atoms with E-state index < -0.39 is 0 Å². The first-order chi connectivity index (χ1) is 13.3. The minimum Gasteiger partial charge on any atom is -0.456 e. The maximum atomic E-state index is 6.30. The largest absolute Gasteiger partial charge is 0.456 e. The normalized spacial score (nSPS) is 27.9. The van der Waals surface area contributed by atoms with Gasteiger partial charge in [-0.2, -0.15) is 0 Å². The molecule has 1 saturated carbocycles. The molecule has 5 rings (SSSR count). The SMILES string of the molecule is CC1(C)C[C@H]2C[C@](C)(C[N+]2=c2cc(-c3ccc(Cl)cc3)oc3ccccc23)C1. The van der Waals surface area contributed by atoms with E-state index in [1.54, 1.807) is 0 Å². The van der Waals surface area contributed by atoms with Crippen LogP contribution in [-0.4, -0.2) is 12.6 Å². The molecule has 2 heterocycles. The fraction of sp³-hybridized carbons (Fsp3) is 0.400. The summed E-state index contributed by atoms with van der Waals surface area (Å²) in [6.45, 7) is 8.45. The van der Waals surface area contributed by atoms with Crippen LogP contribution in [0.3, 0.4) is 0 Å². The van der Waals surface area contributed by atoms with Crippen LogP contribution in [0.15, 0.2) is 59.0 Å². The van der Waals surface area contributed by atoms with Crippen LogP contribution in [0.5, 0.6) is 0 Å². The summed E-state index contributed by atoms with van der Waals surface area (Å²) in [6, 6.07) is 19.2. The molecule has 2 bridgehead atoms. The Hall–Kier alpha value is -2.06. The first-order valence-corrected chi connectivity index (χ1v) is 10.6. The molecule has 0 radical (unpaired) electrons. The molecule has 3 heteroatoms. The Kier molecular flexibility index (Phi) is 4.00. The second kappa shape index (κ2) is 6.22. The van der Waals surface area contributed by atoms with E-state index in [4.69, 9.17) is 16.0 Å². The van der Waals surface area contributed by atoms with Crippen LogP contribution in [0.1, 0.15) is 40.0 Å². The second-order valence-corrected chi connectivity index (χ2v) is 10.3. The zero-order valence-corrected chi connectivity index (χ0v) is 17.6. The molecule has 28 heavy (non-hydrogen) atoms. The van der Waals surface area contributed by atoms with Crippen molar-refractivity contribution in [3.05, 3.63) is 65.0 Å². The van der Waals surface area contributed by atoms with E-state index in [2.05, 4.69) is 49.6 Å². The van der Waals surface area contributed by atoms with Gasteiger partial charge in [0, 0.05) is 28.8 Å². The van der Waals surface area contributed by atoms with Crippen molar-refractivity contribution in [2.75, 3.05) is 6.54 Å². The highest BCUT2D eigenvalue weighted by Crippen LogP contribution is 2.50. The molecule has 2 nitrogen and oxygen atoms in total. The highest BCUT2D eigenvalue weighted by molar-refractivity contribution is 6.30. The van der Waals surface area contributed by atoms with Crippen molar-refractivity contribution in [1.82, 2.24) is 4.58 Å². The summed E-state index contributed by atoms with van der Waals surface area (Å²) in [4.78, 5) is 0. The quantitative estimate of drug-likeness (QED) is 0.455. The lowest BCUT2D eigenvalue weighted by Crippen LogP contribution is -2.37. The number of fused-ring (bicyclic) bond motifs is 3. The van der Waals surface area contributed by atoms with Gasteiger partial charge in [0.1, 0.15) is 17.9 Å². The van der Waals surface area contributed by atoms with Crippen molar-refractivity contribution in [2.45, 2.75) is 46.1 Å². The van der Waals surface area contributed by atoms with E-state index in [9.17, 15) is 0 Å². The van der Waals surface area contributed by atoms with Crippen molar-refractivity contribution < 1.29 is 4.42 Å². The molecule has 1 saturated heterocycles. The Labute approximate surface area is 171 Å². The topological polar surface area (TPSA) is 16.1 Å². The second-order valence-electron chi connectivity index (χ2n) is 9.84. The first-order valence-electron chi connectivity index (χ1n) is 10.2. The Balaban J connectivity index is 1.77. The van der Waals surface area contributed by atoms with Gasteiger partial charge < -0.3 is 4.42 Å². The van der Waals surface area contributed by atoms with E-state index in [1.807, 2.05) is 30.3 Å². The van der Waals surface area contributed by atoms with E-state index in [0.29, 0.717) is 16.9 Å². The monoisotopic (exact) mass is 392 g/mol. The lowest BCUT2D eigenvalue weighted by molar-refractivity contribution is 0.135. The zero-order chi connectivity index (χ0) is 19.5. The molecule has 2 aromatic carbocycles. The van der Waals surface area contributed by atoms with E-state index in [1.165, 1.54) is 30.0 Å². The summed E-state index contributed by atoms with van der Waals surface area (Å²) in [5, 5.41) is 3.25. The summed E-state index contributed by atoms with van der Waals surface area (Å²) in [5.41, 5.74) is 2.79. The molecule has 0 N–H and O–H groups in total. The van der Waals surface area contributed by atoms with Gasteiger partial charge in [0.25, 0.3) is 0 Å². The molecule has 1 aliphatic heterocycles. The average molecular weight is 393 g/mol. The fourth-order valence-corrected chi connectivity index (χ4v) is 5.98. The number of para-hydroxylation sites is 1.